The average Bonchev–Trinajstić information content (AvgIpc) is 2.52. The molecule has 0 fully saturated rings. The van der Waals surface area contributed by atoms with Crippen molar-refractivity contribution in [2.75, 3.05) is 62.3 Å². The number of nitrogens with one attached hydrogen (secondary N) is 2. The highest BCUT2D eigenvalue weighted by atomic mass is 33.1. The lowest BCUT2D eigenvalue weighted by molar-refractivity contribution is 0.494. The number of hydrogen-bond acceptors (Lipinski definition) is 8. The molecule has 0 amide bonds. The molecule has 0 aliphatic heterocycles. The topological polar surface area (TPSA) is 76.1 Å². The molecule has 0 unspecified atom stereocenters. The van der Waals surface area contributed by atoms with Crippen molar-refractivity contribution in [3.63, 3.8) is 0 Å². The van der Waals surface area contributed by atoms with Crippen LogP contribution in [0.15, 0.2) is 0 Å². The van der Waals surface area contributed by atoms with E-state index in [1.165, 1.54) is 23.0 Å². The average molecular weight is 401 g/mol. The van der Waals surface area contributed by atoms with Gasteiger partial charge >= 0.3 is 0 Å². The quantitative estimate of drug-likeness (QED) is 0.207. The van der Waals surface area contributed by atoms with Crippen LogP contribution in [0.1, 0.15) is 26.7 Å². The van der Waals surface area contributed by atoms with Crippen molar-refractivity contribution in [3.8, 4) is 0 Å². The molecule has 0 saturated carbocycles. The summed E-state index contributed by atoms with van der Waals surface area (Å²) in [7, 11) is 7.97. The normalized spacial score (nSPS) is 12.0. The van der Waals surface area contributed by atoms with Crippen molar-refractivity contribution in [3.05, 3.63) is 0 Å². The van der Waals surface area contributed by atoms with Gasteiger partial charge in [0.2, 0.25) is 0 Å². The highest BCUT2D eigenvalue weighted by Gasteiger charge is 2.18. The Morgan fingerprint density at radius 2 is 1.13 bits per heavy atom. The maximum Gasteiger partial charge on any atom is 0.0162 e. The van der Waals surface area contributed by atoms with Crippen molar-refractivity contribution in [1.82, 2.24) is 10.6 Å². The van der Waals surface area contributed by atoms with Gasteiger partial charge in [-0.1, -0.05) is 57.0 Å². The Labute approximate surface area is 159 Å². The Morgan fingerprint density at radius 1 is 0.696 bits per heavy atom. The first-order valence-corrected chi connectivity index (χ1v) is 13.4. The molecule has 0 aliphatic rings. The van der Waals surface area contributed by atoms with Crippen LogP contribution in [0.5, 0.6) is 0 Å². The van der Waals surface area contributed by atoms with E-state index < -0.39 is 0 Å². The van der Waals surface area contributed by atoms with E-state index in [4.69, 9.17) is 11.5 Å². The van der Waals surface area contributed by atoms with E-state index in [-0.39, 0.29) is 0 Å². The van der Waals surface area contributed by atoms with E-state index in [2.05, 4.69) is 24.5 Å². The Kier molecular flexibility index (Phi) is 19.0. The zero-order valence-electron chi connectivity index (χ0n) is 14.8. The first-order valence-electron chi connectivity index (χ1n) is 8.43. The highest BCUT2D eigenvalue weighted by Crippen LogP contribution is 2.35. The van der Waals surface area contributed by atoms with Crippen LogP contribution in [0.3, 0.4) is 0 Å². The van der Waals surface area contributed by atoms with Gasteiger partial charge in [0.1, 0.15) is 0 Å². The van der Waals surface area contributed by atoms with Crippen molar-refractivity contribution in [2.24, 2.45) is 16.9 Å². The molecule has 0 spiro atoms. The van der Waals surface area contributed by atoms with Crippen LogP contribution in [-0.2, 0) is 0 Å². The summed E-state index contributed by atoms with van der Waals surface area (Å²) in [5.41, 5.74) is 11.3. The van der Waals surface area contributed by atoms with Crippen LogP contribution in [0.25, 0.3) is 0 Å². The molecular formula is C15H36N4S4. The molecule has 0 radical (unpaired) electrons. The minimum Gasteiger partial charge on any atom is -0.330 e. The molecule has 0 aromatic heterocycles. The zero-order valence-corrected chi connectivity index (χ0v) is 18.0. The van der Waals surface area contributed by atoms with E-state index in [9.17, 15) is 0 Å². The van der Waals surface area contributed by atoms with Crippen LogP contribution in [0.4, 0.5) is 0 Å². The van der Waals surface area contributed by atoms with Crippen LogP contribution in [-0.4, -0.2) is 62.3 Å². The van der Waals surface area contributed by atoms with Crippen molar-refractivity contribution >= 4 is 43.2 Å². The third-order valence-electron chi connectivity index (χ3n) is 2.91. The van der Waals surface area contributed by atoms with Gasteiger partial charge in [-0.15, -0.1) is 0 Å². The Morgan fingerprint density at radius 3 is 1.52 bits per heavy atom. The summed E-state index contributed by atoms with van der Waals surface area (Å²) >= 11 is 0. The molecule has 4 nitrogen and oxygen atoms in total. The summed E-state index contributed by atoms with van der Waals surface area (Å²) in [6, 6.07) is 0. The van der Waals surface area contributed by atoms with E-state index in [1.54, 1.807) is 0 Å². The van der Waals surface area contributed by atoms with E-state index in [0.717, 1.165) is 52.1 Å². The van der Waals surface area contributed by atoms with Gasteiger partial charge in [0.15, 0.2) is 0 Å². The Balaban J connectivity index is 3.33. The number of rotatable bonds is 18. The summed E-state index contributed by atoms with van der Waals surface area (Å²) in [6.45, 7) is 10.6. The molecule has 23 heavy (non-hydrogen) atoms. The fourth-order valence-corrected chi connectivity index (χ4v) is 6.94. The lowest BCUT2D eigenvalue weighted by atomic mass is 10.0. The third kappa shape index (κ3) is 19.4. The third-order valence-corrected chi connectivity index (χ3v) is 8.49. The number of nitrogens with two attached hydrogens (primary N) is 2. The molecular weight excluding hydrogens is 364 g/mol. The highest BCUT2D eigenvalue weighted by molar-refractivity contribution is 8.77. The zero-order chi connectivity index (χ0) is 17.2. The van der Waals surface area contributed by atoms with Crippen LogP contribution in [0, 0.1) is 5.41 Å². The van der Waals surface area contributed by atoms with Gasteiger partial charge in [-0.2, -0.15) is 0 Å². The number of hydrogen-bond donors (Lipinski definition) is 4. The smallest absolute Gasteiger partial charge is 0.0162 e. The van der Waals surface area contributed by atoms with Crippen molar-refractivity contribution in [2.45, 2.75) is 26.7 Å². The predicted molar refractivity (Wildman–Crippen MR) is 117 cm³/mol. The van der Waals surface area contributed by atoms with Gasteiger partial charge in [0.25, 0.3) is 0 Å². The first-order chi connectivity index (χ1) is 11.1. The lowest BCUT2D eigenvalue weighted by Gasteiger charge is -2.23. The van der Waals surface area contributed by atoms with Crippen molar-refractivity contribution < 1.29 is 0 Å². The Hall–Kier alpha value is 1.24. The first kappa shape index (κ1) is 24.2. The predicted octanol–water partition coefficient (Wildman–Crippen LogP) is 2.65. The molecule has 0 aromatic carbocycles. The Bertz CT molecular complexity index is 224. The molecule has 0 bridgehead atoms. The van der Waals surface area contributed by atoms with E-state index >= 15 is 0 Å². The second-order valence-electron chi connectivity index (χ2n) is 6.12. The minimum atomic E-state index is 0.398. The summed E-state index contributed by atoms with van der Waals surface area (Å²) < 4.78 is 0. The van der Waals surface area contributed by atoms with Crippen LogP contribution in [0.2, 0.25) is 0 Å². The molecule has 8 heteroatoms. The fraction of sp³-hybridized carbons (Fsp3) is 1.00. The maximum atomic E-state index is 5.46. The second-order valence-corrected chi connectivity index (χ2v) is 11.3. The van der Waals surface area contributed by atoms with Gasteiger partial charge in [0, 0.05) is 36.1 Å². The molecule has 0 rings (SSSR count). The molecule has 140 valence electrons. The second kappa shape index (κ2) is 18.0. The van der Waals surface area contributed by atoms with Gasteiger partial charge in [-0.25, -0.2) is 0 Å². The van der Waals surface area contributed by atoms with Gasteiger partial charge in [-0.3, -0.25) is 0 Å². The summed E-state index contributed by atoms with van der Waals surface area (Å²) in [5.74, 6) is 4.76. The van der Waals surface area contributed by atoms with Gasteiger partial charge in [-0.05, 0) is 44.4 Å². The molecule has 0 aromatic rings. The maximum absolute atomic E-state index is 5.46. The summed E-state index contributed by atoms with van der Waals surface area (Å²) in [5, 5.41) is 6.83. The molecule has 0 heterocycles. The van der Waals surface area contributed by atoms with E-state index in [0.29, 0.717) is 5.41 Å². The largest absolute Gasteiger partial charge is 0.330 e. The standard InChI is InChI=1S/C15H36N4S4/c1-15(2,13-22-20-11-9-18-7-3-5-16)14-23-21-12-10-19-8-4-6-17/h18-19H,3-14,16-17H2,1-2H3. The van der Waals surface area contributed by atoms with Gasteiger partial charge in [0.05, 0.1) is 0 Å². The molecule has 0 saturated heterocycles. The monoisotopic (exact) mass is 400 g/mol. The lowest BCUT2D eigenvalue weighted by Crippen LogP contribution is -2.21. The minimum absolute atomic E-state index is 0.398. The fourth-order valence-electron chi connectivity index (χ4n) is 1.49. The van der Waals surface area contributed by atoms with E-state index in [1.807, 2.05) is 43.2 Å². The molecule has 6 N–H and O–H groups in total. The van der Waals surface area contributed by atoms with Crippen molar-refractivity contribution in [1.29, 1.82) is 0 Å². The SMILES string of the molecule is CC(C)(CSSCCNCCCN)CSSCCNCCCN. The van der Waals surface area contributed by atoms with Crippen LogP contribution < -0.4 is 22.1 Å². The van der Waals surface area contributed by atoms with Crippen LogP contribution >= 0.6 is 43.2 Å². The van der Waals surface area contributed by atoms with Gasteiger partial charge < -0.3 is 22.1 Å². The summed E-state index contributed by atoms with van der Waals surface area (Å²) in [6.07, 6.45) is 2.14. The molecule has 0 aliphatic carbocycles. The molecule has 0 atom stereocenters. The summed E-state index contributed by atoms with van der Waals surface area (Å²) in [4.78, 5) is 0.